The van der Waals surface area contributed by atoms with Gasteiger partial charge < -0.3 is 15.6 Å². The van der Waals surface area contributed by atoms with Crippen molar-refractivity contribution in [1.82, 2.24) is 19.9 Å². The summed E-state index contributed by atoms with van der Waals surface area (Å²) in [4.78, 5) is 33.8. The quantitative estimate of drug-likeness (QED) is 0.263. The van der Waals surface area contributed by atoms with Gasteiger partial charge in [-0.2, -0.15) is 0 Å². The number of halogens is 2. The van der Waals surface area contributed by atoms with Gasteiger partial charge in [-0.05, 0) is 60.0 Å². The van der Waals surface area contributed by atoms with Crippen LogP contribution in [0.4, 0.5) is 14.9 Å². The Morgan fingerprint density at radius 1 is 1.00 bits per heavy atom. The first-order valence-electron chi connectivity index (χ1n) is 11.7. The summed E-state index contributed by atoms with van der Waals surface area (Å²) in [5.74, 6) is -0.137. The van der Waals surface area contributed by atoms with Gasteiger partial charge in [0.1, 0.15) is 11.4 Å². The maximum absolute atomic E-state index is 13.4. The first kappa shape index (κ1) is 24.3. The van der Waals surface area contributed by atoms with E-state index in [-0.39, 0.29) is 29.3 Å². The fourth-order valence-corrected chi connectivity index (χ4v) is 4.35. The molecular weight excluding hydrogens is 493 g/mol. The number of H-pyrrole nitrogens is 1. The predicted octanol–water partition coefficient (Wildman–Crippen LogP) is 5.60. The number of imidazole rings is 1. The monoisotopic (exact) mass is 515 g/mol. The Bertz CT molecular complexity index is 1630. The lowest BCUT2D eigenvalue weighted by molar-refractivity contribution is 0.243. The number of amides is 1. The SMILES string of the molecule is O=C(NCc1ccc(F)cc1)n1c(-c2c(NCCc3cccc(Cl)c3)cc[nH]c2=O)nc2ccccc21. The van der Waals surface area contributed by atoms with Crippen LogP contribution in [0, 0.1) is 5.82 Å². The molecule has 5 rings (SSSR count). The summed E-state index contributed by atoms with van der Waals surface area (Å²) in [6, 6.07) is 21.9. The van der Waals surface area contributed by atoms with Crippen LogP contribution in [0.15, 0.2) is 89.9 Å². The Labute approximate surface area is 216 Å². The first-order chi connectivity index (χ1) is 18.0. The highest BCUT2D eigenvalue weighted by Gasteiger charge is 2.22. The minimum atomic E-state index is -0.457. The third kappa shape index (κ3) is 5.39. The Morgan fingerprint density at radius 2 is 1.81 bits per heavy atom. The number of hydrogen-bond acceptors (Lipinski definition) is 4. The van der Waals surface area contributed by atoms with Crippen LogP contribution in [-0.4, -0.2) is 27.1 Å². The summed E-state index contributed by atoms with van der Waals surface area (Å²) in [7, 11) is 0. The van der Waals surface area contributed by atoms with Crippen LogP contribution in [0.1, 0.15) is 11.1 Å². The van der Waals surface area contributed by atoms with Crippen molar-refractivity contribution in [2.45, 2.75) is 13.0 Å². The molecule has 3 N–H and O–H groups in total. The molecule has 9 heteroatoms. The molecule has 1 amide bonds. The number of carbonyl (C=O) groups is 1. The Kier molecular flexibility index (Phi) is 7.00. The number of nitrogens with zero attached hydrogens (tertiary/aromatic N) is 2. The second kappa shape index (κ2) is 10.7. The molecule has 0 aliphatic carbocycles. The summed E-state index contributed by atoms with van der Waals surface area (Å²) >= 11 is 6.09. The van der Waals surface area contributed by atoms with Gasteiger partial charge in [0.05, 0.1) is 16.7 Å². The number of benzene rings is 3. The van der Waals surface area contributed by atoms with Crippen molar-refractivity contribution in [3.8, 4) is 11.4 Å². The number of aromatic nitrogens is 3. The molecule has 37 heavy (non-hydrogen) atoms. The third-order valence-corrected chi connectivity index (χ3v) is 6.16. The van der Waals surface area contributed by atoms with Crippen molar-refractivity contribution < 1.29 is 9.18 Å². The Morgan fingerprint density at radius 3 is 2.62 bits per heavy atom. The number of carbonyl (C=O) groups excluding carboxylic acids is 1. The van der Waals surface area contributed by atoms with E-state index < -0.39 is 6.03 Å². The van der Waals surface area contributed by atoms with Crippen LogP contribution in [0.25, 0.3) is 22.4 Å². The Hall–Kier alpha value is -4.43. The van der Waals surface area contributed by atoms with Crippen molar-refractivity contribution in [3.63, 3.8) is 0 Å². The summed E-state index contributed by atoms with van der Waals surface area (Å²) in [6.07, 6.45) is 2.23. The summed E-state index contributed by atoms with van der Waals surface area (Å²) in [6.45, 7) is 0.717. The van der Waals surface area contributed by atoms with Gasteiger partial charge in [0.2, 0.25) is 0 Å². The highest BCUT2D eigenvalue weighted by Crippen LogP contribution is 2.27. The second-order valence-corrected chi connectivity index (χ2v) is 8.88. The van der Waals surface area contributed by atoms with E-state index in [1.165, 1.54) is 16.7 Å². The van der Waals surface area contributed by atoms with Crippen molar-refractivity contribution >= 4 is 34.4 Å². The third-order valence-electron chi connectivity index (χ3n) is 5.92. The molecule has 2 aromatic heterocycles. The molecule has 186 valence electrons. The number of aromatic amines is 1. The predicted molar refractivity (Wildman–Crippen MR) is 143 cm³/mol. The van der Waals surface area contributed by atoms with Gasteiger partial charge in [0.25, 0.3) is 5.56 Å². The number of fused-ring (bicyclic) bond motifs is 1. The maximum Gasteiger partial charge on any atom is 0.328 e. The van der Waals surface area contributed by atoms with Crippen molar-refractivity contribution in [3.05, 3.63) is 117 Å². The van der Waals surface area contributed by atoms with Crippen LogP contribution in [0.3, 0.4) is 0 Å². The molecule has 0 saturated heterocycles. The lowest BCUT2D eigenvalue weighted by atomic mass is 10.1. The highest BCUT2D eigenvalue weighted by atomic mass is 35.5. The topological polar surface area (TPSA) is 91.8 Å². The van der Waals surface area contributed by atoms with Crippen LogP contribution >= 0.6 is 11.6 Å². The minimum absolute atomic E-state index is 0.181. The zero-order valence-corrected chi connectivity index (χ0v) is 20.4. The second-order valence-electron chi connectivity index (χ2n) is 8.45. The first-order valence-corrected chi connectivity index (χ1v) is 12.1. The van der Waals surface area contributed by atoms with Crippen LogP contribution in [0.5, 0.6) is 0 Å². The smallest absolute Gasteiger partial charge is 0.328 e. The summed E-state index contributed by atoms with van der Waals surface area (Å²) in [5, 5.41) is 6.82. The number of hydrogen-bond donors (Lipinski definition) is 3. The number of pyridine rings is 1. The average molecular weight is 516 g/mol. The lowest BCUT2D eigenvalue weighted by Crippen LogP contribution is -2.29. The van der Waals surface area contributed by atoms with E-state index in [2.05, 4.69) is 20.6 Å². The molecule has 0 fully saturated rings. The van der Waals surface area contributed by atoms with Crippen molar-refractivity contribution in [2.75, 3.05) is 11.9 Å². The fraction of sp³-hybridized carbons (Fsp3) is 0.107. The van der Waals surface area contributed by atoms with Gasteiger partial charge in [-0.3, -0.25) is 4.79 Å². The average Bonchev–Trinajstić information content (AvgIpc) is 3.27. The van der Waals surface area contributed by atoms with Gasteiger partial charge in [-0.1, -0.05) is 48.0 Å². The van der Waals surface area contributed by atoms with Gasteiger partial charge >= 0.3 is 6.03 Å². The van der Waals surface area contributed by atoms with E-state index in [1.807, 2.05) is 30.3 Å². The largest absolute Gasteiger partial charge is 0.384 e. The van der Waals surface area contributed by atoms with Crippen molar-refractivity contribution in [2.24, 2.45) is 0 Å². The van der Waals surface area contributed by atoms with Crippen LogP contribution in [0.2, 0.25) is 5.02 Å². The molecule has 0 unspecified atom stereocenters. The van der Waals surface area contributed by atoms with Crippen LogP contribution in [-0.2, 0) is 13.0 Å². The highest BCUT2D eigenvalue weighted by molar-refractivity contribution is 6.30. The molecule has 0 saturated carbocycles. The van der Waals surface area contributed by atoms with E-state index in [9.17, 15) is 14.0 Å². The standard InChI is InChI=1S/C28H23ClFN5O2/c29-20-5-3-4-18(16-20)12-14-31-23-13-15-32-27(36)25(23)26-34-22-6-1-2-7-24(22)35(26)28(37)33-17-19-8-10-21(30)11-9-19/h1-11,13,15-16H,12,14,17H2,(H,33,37)(H2,31,32,36). The normalized spacial score (nSPS) is 11.0. The van der Waals surface area contributed by atoms with Gasteiger partial charge in [0, 0.05) is 24.3 Å². The molecule has 0 aliphatic heterocycles. The number of anilines is 1. The molecule has 0 atom stereocenters. The molecule has 0 spiro atoms. The molecule has 5 aromatic rings. The van der Waals surface area contributed by atoms with Gasteiger partial charge in [-0.15, -0.1) is 0 Å². The molecule has 3 aromatic carbocycles. The maximum atomic E-state index is 13.4. The molecule has 2 heterocycles. The number of para-hydroxylation sites is 2. The van der Waals surface area contributed by atoms with Crippen LogP contribution < -0.4 is 16.2 Å². The van der Waals surface area contributed by atoms with E-state index >= 15 is 0 Å². The van der Waals surface area contributed by atoms with Gasteiger partial charge in [0.15, 0.2) is 5.82 Å². The fourth-order valence-electron chi connectivity index (χ4n) is 4.14. The van der Waals surface area contributed by atoms with Crippen molar-refractivity contribution in [1.29, 1.82) is 0 Å². The summed E-state index contributed by atoms with van der Waals surface area (Å²) < 4.78 is 14.7. The van der Waals surface area contributed by atoms with E-state index in [4.69, 9.17) is 11.6 Å². The lowest BCUT2D eigenvalue weighted by Gasteiger charge is -2.13. The zero-order chi connectivity index (χ0) is 25.8. The number of rotatable bonds is 7. The van der Waals surface area contributed by atoms with E-state index in [0.717, 1.165) is 11.1 Å². The zero-order valence-electron chi connectivity index (χ0n) is 19.7. The minimum Gasteiger partial charge on any atom is -0.384 e. The van der Waals surface area contributed by atoms with E-state index in [0.29, 0.717) is 34.7 Å². The molecule has 7 nitrogen and oxygen atoms in total. The van der Waals surface area contributed by atoms with Gasteiger partial charge in [-0.25, -0.2) is 18.7 Å². The molecule has 0 radical (unpaired) electrons. The Balaban J connectivity index is 1.47. The molecule has 0 aliphatic rings. The van der Waals surface area contributed by atoms with E-state index in [1.54, 1.807) is 42.6 Å². The summed E-state index contributed by atoms with van der Waals surface area (Å²) in [5.41, 5.74) is 3.34. The number of nitrogens with one attached hydrogen (secondary N) is 3. The molecule has 0 bridgehead atoms. The molecular formula is C28H23ClFN5O2.